The number of carbonyl (C=O) groups excluding carboxylic acids is 1. The zero-order chi connectivity index (χ0) is 21.1. The molecule has 0 saturated carbocycles. The van der Waals surface area contributed by atoms with Crippen molar-refractivity contribution in [2.75, 3.05) is 10.7 Å². The minimum atomic E-state index is 0.0397. The molecule has 0 aliphatic heterocycles. The molecule has 0 radical (unpaired) electrons. The number of thioether (sulfide) groups is 1. The second-order valence-corrected chi connectivity index (χ2v) is 9.35. The SMILES string of the molecule is Cc1ccc(SCC(=O)N(Cc2cccnc2)c2nc3c(C)c(C)ccc3s2)cc1. The molecule has 0 saturated heterocycles. The Kier molecular flexibility index (Phi) is 6.16. The Bertz CT molecular complexity index is 1170. The number of amides is 1. The van der Waals surface area contributed by atoms with Crippen LogP contribution in [0, 0.1) is 20.8 Å². The molecule has 4 rings (SSSR count). The number of rotatable bonds is 6. The summed E-state index contributed by atoms with van der Waals surface area (Å²) in [6.07, 6.45) is 3.54. The molecule has 0 atom stereocenters. The van der Waals surface area contributed by atoms with E-state index >= 15 is 0 Å². The summed E-state index contributed by atoms with van der Waals surface area (Å²) in [4.78, 5) is 25.2. The molecular weight excluding hydrogens is 410 g/mol. The van der Waals surface area contributed by atoms with Crippen molar-refractivity contribution in [1.82, 2.24) is 9.97 Å². The van der Waals surface area contributed by atoms with Crippen LogP contribution in [-0.4, -0.2) is 21.6 Å². The van der Waals surface area contributed by atoms with Crippen LogP contribution in [0.3, 0.4) is 0 Å². The van der Waals surface area contributed by atoms with E-state index in [2.05, 4.69) is 62.2 Å². The van der Waals surface area contributed by atoms with Crippen LogP contribution in [0.15, 0.2) is 65.8 Å². The molecule has 0 spiro atoms. The van der Waals surface area contributed by atoms with Crippen LogP contribution in [-0.2, 0) is 11.3 Å². The molecule has 0 aliphatic carbocycles. The van der Waals surface area contributed by atoms with Crippen LogP contribution in [0.1, 0.15) is 22.3 Å². The fourth-order valence-corrected chi connectivity index (χ4v) is 4.94. The third-order valence-corrected chi connectivity index (χ3v) is 7.09. The second kappa shape index (κ2) is 8.98. The topological polar surface area (TPSA) is 46.1 Å². The predicted molar refractivity (Wildman–Crippen MR) is 126 cm³/mol. The van der Waals surface area contributed by atoms with Gasteiger partial charge in [0.15, 0.2) is 5.13 Å². The molecule has 0 fully saturated rings. The maximum atomic E-state index is 13.3. The number of hydrogen-bond acceptors (Lipinski definition) is 5. The van der Waals surface area contributed by atoms with Crippen molar-refractivity contribution in [3.05, 3.63) is 83.2 Å². The third-order valence-electron chi connectivity index (χ3n) is 5.05. The minimum Gasteiger partial charge on any atom is -0.283 e. The van der Waals surface area contributed by atoms with Crippen molar-refractivity contribution in [1.29, 1.82) is 0 Å². The van der Waals surface area contributed by atoms with Crippen molar-refractivity contribution in [2.24, 2.45) is 0 Å². The number of hydrogen-bond donors (Lipinski definition) is 0. The number of aromatic nitrogens is 2. The average molecular weight is 434 g/mol. The van der Waals surface area contributed by atoms with Gasteiger partial charge in [0.05, 0.1) is 22.5 Å². The Balaban J connectivity index is 1.63. The third kappa shape index (κ3) is 4.55. The minimum absolute atomic E-state index is 0.0397. The summed E-state index contributed by atoms with van der Waals surface area (Å²) in [6, 6.07) is 16.3. The summed E-state index contributed by atoms with van der Waals surface area (Å²) in [5, 5.41) is 0.733. The van der Waals surface area contributed by atoms with Gasteiger partial charge in [-0.3, -0.25) is 14.7 Å². The molecule has 2 heterocycles. The number of fused-ring (bicyclic) bond motifs is 1. The number of thiazole rings is 1. The predicted octanol–water partition coefficient (Wildman–Crippen LogP) is 5.94. The molecule has 1 amide bonds. The lowest BCUT2D eigenvalue weighted by Crippen LogP contribution is -2.31. The lowest BCUT2D eigenvalue weighted by Gasteiger charge is -2.19. The smallest absolute Gasteiger partial charge is 0.239 e. The highest BCUT2D eigenvalue weighted by molar-refractivity contribution is 8.00. The van der Waals surface area contributed by atoms with Gasteiger partial charge in [-0.25, -0.2) is 4.98 Å². The van der Waals surface area contributed by atoms with E-state index in [9.17, 15) is 4.79 Å². The Morgan fingerprint density at radius 3 is 2.60 bits per heavy atom. The molecule has 0 bridgehead atoms. The first-order valence-corrected chi connectivity index (χ1v) is 11.6. The quantitative estimate of drug-likeness (QED) is 0.353. The van der Waals surface area contributed by atoms with Crippen LogP contribution in [0.4, 0.5) is 5.13 Å². The number of pyridine rings is 1. The van der Waals surface area contributed by atoms with Crippen molar-refractivity contribution >= 4 is 44.4 Å². The van der Waals surface area contributed by atoms with Gasteiger partial charge in [-0.2, -0.15) is 0 Å². The summed E-state index contributed by atoms with van der Waals surface area (Å²) < 4.78 is 1.10. The standard InChI is InChI=1S/C24H23N3OS2/c1-16-6-9-20(10-7-16)29-15-22(28)27(14-19-5-4-12-25-13-19)24-26-23-18(3)17(2)8-11-21(23)30-24/h4-13H,14-15H2,1-3H3. The van der Waals surface area contributed by atoms with Gasteiger partial charge >= 0.3 is 0 Å². The lowest BCUT2D eigenvalue weighted by molar-refractivity contribution is -0.116. The van der Waals surface area contributed by atoms with Gasteiger partial charge in [-0.15, -0.1) is 11.8 Å². The van der Waals surface area contributed by atoms with Crippen molar-refractivity contribution < 1.29 is 4.79 Å². The number of nitrogens with zero attached hydrogens (tertiary/aromatic N) is 3. The summed E-state index contributed by atoms with van der Waals surface area (Å²) in [6.45, 7) is 6.69. The average Bonchev–Trinajstić information content (AvgIpc) is 3.19. The molecule has 6 heteroatoms. The molecule has 4 nitrogen and oxygen atoms in total. The summed E-state index contributed by atoms with van der Waals surface area (Å²) in [5.41, 5.74) is 5.55. The van der Waals surface area contributed by atoms with Crippen LogP contribution in [0.2, 0.25) is 0 Å². The molecule has 0 N–H and O–H groups in total. The van der Waals surface area contributed by atoms with Crippen molar-refractivity contribution in [2.45, 2.75) is 32.2 Å². The first-order chi connectivity index (χ1) is 14.5. The van der Waals surface area contributed by atoms with Gasteiger partial charge in [0.1, 0.15) is 0 Å². The van der Waals surface area contributed by atoms with E-state index in [1.54, 1.807) is 40.4 Å². The van der Waals surface area contributed by atoms with E-state index < -0.39 is 0 Å². The number of benzene rings is 2. The molecule has 4 aromatic rings. The molecular formula is C24H23N3OS2. The number of anilines is 1. The molecule has 152 valence electrons. The largest absolute Gasteiger partial charge is 0.283 e. The van der Waals surface area contributed by atoms with Crippen molar-refractivity contribution in [3.63, 3.8) is 0 Å². The Labute approximate surface area is 185 Å². The zero-order valence-corrected chi connectivity index (χ0v) is 18.9. The van der Waals surface area contributed by atoms with E-state index in [0.29, 0.717) is 12.3 Å². The lowest BCUT2D eigenvalue weighted by atomic mass is 10.1. The molecule has 30 heavy (non-hydrogen) atoms. The summed E-state index contributed by atoms with van der Waals surface area (Å²) in [7, 11) is 0. The van der Waals surface area contributed by atoms with Gasteiger partial charge in [0.25, 0.3) is 0 Å². The van der Waals surface area contributed by atoms with Crippen LogP contribution in [0.5, 0.6) is 0 Å². The van der Waals surface area contributed by atoms with E-state index in [1.165, 1.54) is 11.1 Å². The van der Waals surface area contributed by atoms with Gasteiger partial charge in [0, 0.05) is 17.3 Å². The van der Waals surface area contributed by atoms with Gasteiger partial charge in [-0.1, -0.05) is 41.2 Å². The van der Waals surface area contributed by atoms with E-state index in [-0.39, 0.29) is 5.91 Å². The van der Waals surface area contributed by atoms with Crippen LogP contribution < -0.4 is 4.90 Å². The summed E-state index contributed by atoms with van der Waals surface area (Å²) >= 11 is 3.12. The normalized spacial score (nSPS) is 11.0. The Hall–Kier alpha value is -2.70. The summed E-state index contributed by atoms with van der Waals surface area (Å²) in [5.74, 6) is 0.398. The molecule has 0 aliphatic rings. The highest BCUT2D eigenvalue weighted by Crippen LogP contribution is 2.33. The molecule has 0 unspecified atom stereocenters. The monoisotopic (exact) mass is 433 g/mol. The second-order valence-electron chi connectivity index (χ2n) is 7.29. The molecule has 2 aromatic carbocycles. The van der Waals surface area contributed by atoms with Crippen LogP contribution >= 0.6 is 23.1 Å². The van der Waals surface area contributed by atoms with E-state index in [1.807, 2.05) is 12.1 Å². The number of carbonyl (C=O) groups is 1. The van der Waals surface area contributed by atoms with E-state index in [0.717, 1.165) is 31.4 Å². The highest BCUT2D eigenvalue weighted by atomic mass is 32.2. The Morgan fingerprint density at radius 2 is 1.87 bits per heavy atom. The van der Waals surface area contributed by atoms with E-state index in [4.69, 9.17) is 4.98 Å². The first kappa shape index (κ1) is 20.6. The van der Waals surface area contributed by atoms with Gasteiger partial charge < -0.3 is 0 Å². The van der Waals surface area contributed by atoms with Crippen molar-refractivity contribution in [3.8, 4) is 0 Å². The highest BCUT2D eigenvalue weighted by Gasteiger charge is 2.21. The Morgan fingerprint density at radius 1 is 1.07 bits per heavy atom. The molecule has 2 aromatic heterocycles. The first-order valence-electron chi connectivity index (χ1n) is 9.77. The van der Waals surface area contributed by atoms with Gasteiger partial charge in [-0.05, 0) is 61.7 Å². The number of aryl methyl sites for hydroxylation is 3. The maximum absolute atomic E-state index is 13.3. The van der Waals surface area contributed by atoms with Crippen LogP contribution in [0.25, 0.3) is 10.2 Å². The fourth-order valence-electron chi connectivity index (χ4n) is 3.12. The van der Waals surface area contributed by atoms with Gasteiger partial charge in [0.2, 0.25) is 5.91 Å². The fraction of sp³-hybridized carbons (Fsp3) is 0.208. The maximum Gasteiger partial charge on any atom is 0.239 e. The zero-order valence-electron chi connectivity index (χ0n) is 17.3.